The Morgan fingerprint density at radius 1 is 1.16 bits per heavy atom. The van der Waals surface area contributed by atoms with Gasteiger partial charge in [0.25, 0.3) is 0 Å². The number of likely N-dealkylation sites (N-methyl/N-ethyl adjacent to an activating group) is 1. The van der Waals surface area contributed by atoms with Crippen molar-refractivity contribution in [2.24, 2.45) is 11.8 Å². The van der Waals surface area contributed by atoms with E-state index in [-0.39, 0.29) is 11.6 Å². The number of hydrogen-bond acceptors (Lipinski definition) is 3. The summed E-state index contributed by atoms with van der Waals surface area (Å²) in [5.41, 5.74) is 0.0187. The van der Waals surface area contributed by atoms with Gasteiger partial charge in [-0.3, -0.25) is 0 Å². The van der Waals surface area contributed by atoms with Crippen molar-refractivity contribution in [2.75, 3.05) is 27.3 Å². The van der Waals surface area contributed by atoms with Crippen LogP contribution in [0, 0.1) is 11.8 Å². The second-order valence-corrected chi connectivity index (χ2v) is 6.99. The molecule has 3 nitrogen and oxygen atoms in total. The molecule has 1 saturated carbocycles. The highest BCUT2D eigenvalue weighted by Gasteiger charge is 2.43. The molecule has 0 aromatic rings. The second-order valence-electron chi connectivity index (χ2n) is 6.99. The first-order chi connectivity index (χ1) is 9.04. The fraction of sp³-hybridized carbons (Fsp3) is 1.00. The van der Waals surface area contributed by atoms with Crippen LogP contribution in [-0.4, -0.2) is 49.0 Å². The van der Waals surface area contributed by atoms with Gasteiger partial charge in [0.05, 0.1) is 6.10 Å². The third kappa shape index (κ3) is 3.50. The molecule has 0 bridgehead atoms. The van der Waals surface area contributed by atoms with Gasteiger partial charge in [-0.05, 0) is 70.9 Å². The van der Waals surface area contributed by atoms with E-state index in [0.29, 0.717) is 5.92 Å². The lowest BCUT2D eigenvalue weighted by Crippen LogP contribution is -2.56. The summed E-state index contributed by atoms with van der Waals surface area (Å²) in [6.45, 7) is 4.09. The van der Waals surface area contributed by atoms with Crippen molar-refractivity contribution in [1.29, 1.82) is 0 Å². The quantitative estimate of drug-likeness (QED) is 0.851. The Hall–Kier alpha value is -0.120. The van der Waals surface area contributed by atoms with Gasteiger partial charge in [0.2, 0.25) is 0 Å². The summed E-state index contributed by atoms with van der Waals surface area (Å²) in [5, 5.41) is 10.9. The van der Waals surface area contributed by atoms with Crippen molar-refractivity contribution in [3.8, 4) is 0 Å². The maximum absolute atomic E-state index is 10.9. The maximum Gasteiger partial charge on any atom is 0.0726 e. The lowest BCUT2D eigenvalue weighted by molar-refractivity contribution is -0.0575. The number of rotatable bonds is 4. The van der Waals surface area contributed by atoms with Gasteiger partial charge in [0, 0.05) is 18.8 Å². The first kappa shape index (κ1) is 15.3. The SMILES string of the molecule is CC1CCC(C(O)CC2CCOCC2)(N(C)C)CC1. The van der Waals surface area contributed by atoms with E-state index >= 15 is 0 Å². The maximum atomic E-state index is 10.9. The van der Waals surface area contributed by atoms with Gasteiger partial charge >= 0.3 is 0 Å². The molecule has 19 heavy (non-hydrogen) atoms. The molecular formula is C16H31NO2. The minimum atomic E-state index is -0.182. The Morgan fingerprint density at radius 3 is 2.26 bits per heavy atom. The fourth-order valence-electron chi connectivity index (χ4n) is 3.86. The zero-order valence-corrected chi connectivity index (χ0v) is 12.9. The Bertz CT molecular complexity index is 266. The van der Waals surface area contributed by atoms with E-state index in [2.05, 4.69) is 25.9 Å². The number of aliphatic hydroxyl groups excluding tert-OH is 1. The highest BCUT2D eigenvalue weighted by Crippen LogP contribution is 2.40. The van der Waals surface area contributed by atoms with E-state index in [1.165, 1.54) is 12.8 Å². The highest BCUT2D eigenvalue weighted by molar-refractivity contribution is 4.98. The monoisotopic (exact) mass is 269 g/mol. The van der Waals surface area contributed by atoms with E-state index in [1.807, 2.05) is 0 Å². The van der Waals surface area contributed by atoms with Crippen LogP contribution in [0.2, 0.25) is 0 Å². The molecule has 2 rings (SSSR count). The molecule has 1 N–H and O–H groups in total. The van der Waals surface area contributed by atoms with Gasteiger partial charge in [-0.15, -0.1) is 0 Å². The third-order valence-electron chi connectivity index (χ3n) is 5.55. The number of ether oxygens (including phenoxy) is 1. The summed E-state index contributed by atoms with van der Waals surface area (Å²) in [7, 11) is 4.28. The van der Waals surface area contributed by atoms with Gasteiger partial charge in [0.15, 0.2) is 0 Å². The van der Waals surface area contributed by atoms with Gasteiger partial charge in [0.1, 0.15) is 0 Å². The molecule has 1 saturated heterocycles. The Balaban J connectivity index is 1.97. The molecular weight excluding hydrogens is 238 g/mol. The van der Waals surface area contributed by atoms with E-state index in [9.17, 15) is 5.11 Å². The lowest BCUT2D eigenvalue weighted by Gasteiger charge is -2.48. The van der Waals surface area contributed by atoms with Crippen LogP contribution >= 0.6 is 0 Å². The molecule has 0 aromatic heterocycles. The summed E-state index contributed by atoms with van der Waals surface area (Å²) in [5.74, 6) is 1.48. The van der Waals surface area contributed by atoms with Crippen LogP contribution in [0.4, 0.5) is 0 Å². The Labute approximate surface area is 118 Å². The van der Waals surface area contributed by atoms with Crippen molar-refractivity contribution < 1.29 is 9.84 Å². The summed E-state index contributed by atoms with van der Waals surface area (Å²) in [4.78, 5) is 2.29. The van der Waals surface area contributed by atoms with Crippen molar-refractivity contribution in [1.82, 2.24) is 4.90 Å². The van der Waals surface area contributed by atoms with Crippen LogP contribution in [0.25, 0.3) is 0 Å². The van der Waals surface area contributed by atoms with Crippen LogP contribution in [0.15, 0.2) is 0 Å². The Kier molecular flexibility index (Phi) is 5.27. The van der Waals surface area contributed by atoms with Gasteiger partial charge in [-0.2, -0.15) is 0 Å². The predicted octanol–water partition coefficient (Wildman–Crippen LogP) is 2.67. The standard InChI is InChI=1S/C16H31NO2/c1-13-4-8-16(9-5-13,17(2)3)15(18)12-14-6-10-19-11-7-14/h13-15,18H,4-12H2,1-3H3. The summed E-state index contributed by atoms with van der Waals surface area (Å²) in [6.07, 6.45) is 7.81. The van der Waals surface area contributed by atoms with E-state index in [0.717, 1.165) is 51.2 Å². The zero-order valence-electron chi connectivity index (χ0n) is 12.9. The molecule has 112 valence electrons. The molecule has 0 spiro atoms. The van der Waals surface area contributed by atoms with Crippen molar-refractivity contribution in [3.63, 3.8) is 0 Å². The van der Waals surface area contributed by atoms with E-state index < -0.39 is 0 Å². The predicted molar refractivity (Wildman–Crippen MR) is 78.2 cm³/mol. The first-order valence-electron chi connectivity index (χ1n) is 7.98. The summed E-state index contributed by atoms with van der Waals surface area (Å²) >= 11 is 0. The number of nitrogens with zero attached hydrogens (tertiary/aromatic N) is 1. The third-order valence-corrected chi connectivity index (χ3v) is 5.55. The molecule has 1 heterocycles. The highest BCUT2D eigenvalue weighted by atomic mass is 16.5. The van der Waals surface area contributed by atoms with E-state index in [1.54, 1.807) is 0 Å². The van der Waals surface area contributed by atoms with Gasteiger partial charge in [-0.25, -0.2) is 0 Å². The van der Waals surface area contributed by atoms with Crippen LogP contribution in [0.5, 0.6) is 0 Å². The van der Waals surface area contributed by atoms with Crippen LogP contribution in [0.3, 0.4) is 0 Å². The molecule has 0 aromatic carbocycles. The molecule has 2 fully saturated rings. The Morgan fingerprint density at radius 2 is 1.74 bits per heavy atom. The van der Waals surface area contributed by atoms with Crippen LogP contribution < -0.4 is 0 Å². The molecule has 1 unspecified atom stereocenters. The molecule has 0 amide bonds. The van der Waals surface area contributed by atoms with Crippen LogP contribution in [-0.2, 0) is 4.74 Å². The van der Waals surface area contributed by atoms with Crippen molar-refractivity contribution >= 4 is 0 Å². The summed E-state index contributed by atoms with van der Waals surface area (Å²) in [6, 6.07) is 0. The second kappa shape index (κ2) is 6.55. The first-order valence-corrected chi connectivity index (χ1v) is 7.98. The normalized spacial score (nSPS) is 35.5. The molecule has 2 aliphatic rings. The minimum absolute atomic E-state index is 0.0187. The number of aliphatic hydroxyl groups is 1. The van der Waals surface area contributed by atoms with Gasteiger partial charge < -0.3 is 14.7 Å². The smallest absolute Gasteiger partial charge is 0.0726 e. The topological polar surface area (TPSA) is 32.7 Å². The lowest BCUT2D eigenvalue weighted by atomic mass is 9.71. The zero-order chi connectivity index (χ0) is 13.9. The largest absolute Gasteiger partial charge is 0.391 e. The minimum Gasteiger partial charge on any atom is -0.391 e. The van der Waals surface area contributed by atoms with Gasteiger partial charge in [-0.1, -0.05) is 6.92 Å². The summed E-state index contributed by atoms with van der Waals surface area (Å²) < 4.78 is 5.42. The molecule has 0 radical (unpaired) electrons. The molecule has 1 atom stereocenters. The van der Waals surface area contributed by atoms with Crippen molar-refractivity contribution in [2.45, 2.75) is 63.5 Å². The average Bonchev–Trinajstić information content (AvgIpc) is 2.40. The fourth-order valence-corrected chi connectivity index (χ4v) is 3.86. The van der Waals surface area contributed by atoms with Crippen molar-refractivity contribution in [3.05, 3.63) is 0 Å². The van der Waals surface area contributed by atoms with E-state index in [4.69, 9.17) is 4.74 Å². The average molecular weight is 269 g/mol. The van der Waals surface area contributed by atoms with Crippen LogP contribution in [0.1, 0.15) is 51.9 Å². The molecule has 1 aliphatic heterocycles. The number of hydrogen-bond donors (Lipinski definition) is 1. The molecule has 1 aliphatic carbocycles. The molecule has 3 heteroatoms.